The van der Waals surface area contributed by atoms with Gasteiger partial charge in [-0.05, 0) is 62.8 Å². The summed E-state index contributed by atoms with van der Waals surface area (Å²) in [6.45, 7) is 15.0. The molecule has 1 saturated heterocycles. The van der Waals surface area contributed by atoms with Crippen LogP contribution in [0.15, 0.2) is 0 Å². The molecule has 0 radical (unpaired) electrons. The van der Waals surface area contributed by atoms with Crippen molar-refractivity contribution in [2.24, 2.45) is 5.92 Å². The first-order valence-corrected chi connectivity index (χ1v) is 10.1. The Kier molecular flexibility index (Phi) is 5.67. The van der Waals surface area contributed by atoms with Gasteiger partial charge in [-0.15, -0.1) is 0 Å². The zero-order valence-electron chi connectivity index (χ0n) is 12.4. The third kappa shape index (κ3) is 5.10. The van der Waals surface area contributed by atoms with Gasteiger partial charge in [-0.1, -0.05) is 20.8 Å². The normalized spacial score (nSPS) is 22.8. The van der Waals surface area contributed by atoms with Crippen LogP contribution in [0.3, 0.4) is 0 Å². The van der Waals surface area contributed by atoms with E-state index >= 15 is 0 Å². The van der Waals surface area contributed by atoms with Crippen LogP contribution in [0.4, 0.5) is 0 Å². The van der Waals surface area contributed by atoms with E-state index in [1.807, 2.05) is 0 Å². The van der Waals surface area contributed by atoms with Gasteiger partial charge in [0.1, 0.15) is 0 Å². The van der Waals surface area contributed by atoms with E-state index in [1.54, 1.807) is 0 Å². The third-order valence-corrected chi connectivity index (χ3v) is 8.96. The van der Waals surface area contributed by atoms with Gasteiger partial charge >= 0.3 is 0 Å². The molecule has 1 atom stereocenters. The van der Waals surface area contributed by atoms with E-state index in [0.717, 1.165) is 12.5 Å². The molecule has 0 aromatic rings. The maximum absolute atomic E-state index is 6.20. The van der Waals surface area contributed by atoms with Crippen molar-refractivity contribution in [3.8, 4) is 0 Å². The molecule has 0 aliphatic carbocycles. The molecular weight excluding hydrogens is 226 g/mol. The number of hydrogen-bond donors (Lipinski definition) is 1. The van der Waals surface area contributed by atoms with Crippen LogP contribution in [0.2, 0.25) is 18.1 Å². The van der Waals surface area contributed by atoms with E-state index in [1.165, 1.54) is 38.8 Å². The average Bonchev–Trinajstić information content (AvgIpc) is 2.24. The van der Waals surface area contributed by atoms with Gasteiger partial charge in [-0.2, -0.15) is 0 Å². The highest BCUT2D eigenvalue weighted by Gasteiger charge is 2.36. The summed E-state index contributed by atoms with van der Waals surface area (Å²) in [5.41, 5.74) is 0. The molecular formula is C14H31NOSi. The molecule has 0 unspecified atom stereocenters. The standard InChI is InChI=1S/C14H31NOSi/c1-14(2,3)17(4,5)16-11-7-9-13-8-6-10-15-12-13/h13,15H,6-12H2,1-5H3/t13-/m0/s1. The zero-order valence-corrected chi connectivity index (χ0v) is 13.4. The van der Waals surface area contributed by atoms with Crippen molar-refractivity contribution >= 4 is 8.32 Å². The highest BCUT2D eigenvalue weighted by molar-refractivity contribution is 6.74. The molecule has 0 spiro atoms. The van der Waals surface area contributed by atoms with Crippen molar-refractivity contribution in [1.29, 1.82) is 0 Å². The smallest absolute Gasteiger partial charge is 0.191 e. The largest absolute Gasteiger partial charge is 0.417 e. The SMILES string of the molecule is CC(C)(C)[Si](C)(C)OCCC[C@@H]1CCCNC1. The van der Waals surface area contributed by atoms with Crippen LogP contribution in [0.5, 0.6) is 0 Å². The van der Waals surface area contributed by atoms with Crippen molar-refractivity contribution in [3.05, 3.63) is 0 Å². The van der Waals surface area contributed by atoms with E-state index in [0.29, 0.717) is 5.04 Å². The first kappa shape index (κ1) is 15.2. The lowest BCUT2D eigenvalue weighted by atomic mass is 9.95. The molecule has 3 heteroatoms. The van der Waals surface area contributed by atoms with Gasteiger partial charge in [-0.25, -0.2) is 0 Å². The second-order valence-corrected chi connectivity index (χ2v) is 11.8. The summed E-state index contributed by atoms with van der Waals surface area (Å²) in [7, 11) is -1.51. The molecule has 0 bridgehead atoms. The lowest BCUT2D eigenvalue weighted by molar-refractivity contribution is 0.256. The zero-order chi connectivity index (χ0) is 12.9. The Bertz CT molecular complexity index is 217. The summed E-state index contributed by atoms with van der Waals surface area (Å²) >= 11 is 0. The first-order valence-electron chi connectivity index (χ1n) is 7.17. The van der Waals surface area contributed by atoms with Crippen molar-refractivity contribution in [2.45, 2.75) is 64.6 Å². The summed E-state index contributed by atoms with van der Waals surface area (Å²) in [6, 6.07) is 0. The lowest BCUT2D eigenvalue weighted by Crippen LogP contribution is -2.41. The fourth-order valence-electron chi connectivity index (χ4n) is 2.09. The number of piperidine rings is 1. The third-order valence-electron chi connectivity index (χ3n) is 4.42. The van der Waals surface area contributed by atoms with Gasteiger partial charge in [0.2, 0.25) is 0 Å². The fraction of sp³-hybridized carbons (Fsp3) is 1.00. The maximum atomic E-state index is 6.20. The van der Waals surface area contributed by atoms with Crippen molar-refractivity contribution < 1.29 is 4.43 Å². The number of hydrogen-bond acceptors (Lipinski definition) is 2. The molecule has 2 nitrogen and oxygen atoms in total. The van der Waals surface area contributed by atoms with Crippen molar-refractivity contribution in [1.82, 2.24) is 5.32 Å². The Morgan fingerprint density at radius 2 is 2.00 bits per heavy atom. The number of rotatable bonds is 5. The highest BCUT2D eigenvalue weighted by atomic mass is 28.4. The van der Waals surface area contributed by atoms with Crippen LogP contribution in [0, 0.1) is 5.92 Å². The predicted octanol–water partition coefficient (Wildman–Crippen LogP) is 3.79. The van der Waals surface area contributed by atoms with Crippen LogP contribution in [-0.4, -0.2) is 28.0 Å². The summed E-state index contributed by atoms with van der Waals surface area (Å²) in [5.74, 6) is 0.895. The Morgan fingerprint density at radius 1 is 1.29 bits per heavy atom. The Hall–Kier alpha value is 0.137. The van der Waals surface area contributed by atoms with Gasteiger partial charge < -0.3 is 9.74 Å². The minimum atomic E-state index is -1.51. The van der Waals surface area contributed by atoms with Crippen molar-refractivity contribution in [3.63, 3.8) is 0 Å². The van der Waals surface area contributed by atoms with Crippen LogP contribution in [0.1, 0.15) is 46.5 Å². The van der Waals surface area contributed by atoms with E-state index < -0.39 is 8.32 Å². The fourth-order valence-corrected chi connectivity index (χ4v) is 3.17. The minimum Gasteiger partial charge on any atom is -0.417 e. The van der Waals surface area contributed by atoms with Crippen LogP contribution >= 0.6 is 0 Å². The molecule has 0 saturated carbocycles. The van der Waals surface area contributed by atoms with E-state index in [-0.39, 0.29) is 0 Å². The molecule has 1 aliphatic heterocycles. The maximum Gasteiger partial charge on any atom is 0.191 e. The molecule has 0 aromatic carbocycles. The predicted molar refractivity (Wildman–Crippen MR) is 78.0 cm³/mol. The van der Waals surface area contributed by atoms with E-state index in [4.69, 9.17) is 4.43 Å². The van der Waals surface area contributed by atoms with Crippen molar-refractivity contribution in [2.75, 3.05) is 19.7 Å². The molecule has 1 N–H and O–H groups in total. The molecule has 1 heterocycles. The van der Waals surface area contributed by atoms with Gasteiger partial charge in [0, 0.05) is 6.61 Å². The summed E-state index contributed by atoms with van der Waals surface area (Å²) in [6.07, 6.45) is 5.33. The first-order chi connectivity index (χ1) is 7.83. The van der Waals surface area contributed by atoms with E-state index in [9.17, 15) is 0 Å². The second-order valence-electron chi connectivity index (χ2n) is 6.96. The molecule has 17 heavy (non-hydrogen) atoms. The van der Waals surface area contributed by atoms with Gasteiger partial charge in [0.25, 0.3) is 0 Å². The molecule has 1 rings (SSSR count). The average molecular weight is 257 g/mol. The monoisotopic (exact) mass is 257 g/mol. The topological polar surface area (TPSA) is 21.3 Å². The Labute approximate surface area is 109 Å². The quantitative estimate of drug-likeness (QED) is 0.598. The molecule has 0 amide bonds. The Morgan fingerprint density at radius 3 is 2.53 bits per heavy atom. The molecule has 1 aliphatic rings. The molecule has 102 valence electrons. The summed E-state index contributed by atoms with van der Waals surface area (Å²) < 4.78 is 6.20. The van der Waals surface area contributed by atoms with Gasteiger partial charge in [0.15, 0.2) is 8.32 Å². The minimum absolute atomic E-state index is 0.347. The number of nitrogens with one attached hydrogen (secondary N) is 1. The second kappa shape index (κ2) is 6.35. The lowest BCUT2D eigenvalue weighted by Gasteiger charge is -2.36. The summed E-state index contributed by atoms with van der Waals surface area (Å²) in [5, 5.41) is 3.83. The van der Waals surface area contributed by atoms with Crippen LogP contribution in [-0.2, 0) is 4.43 Å². The van der Waals surface area contributed by atoms with Gasteiger partial charge in [0.05, 0.1) is 0 Å². The van der Waals surface area contributed by atoms with E-state index in [2.05, 4.69) is 39.2 Å². The molecule has 1 fully saturated rings. The van der Waals surface area contributed by atoms with Crippen LogP contribution < -0.4 is 5.32 Å². The van der Waals surface area contributed by atoms with Gasteiger partial charge in [-0.3, -0.25) is 0 Å². The summed E-state index contributed by atoms with van der Waals surface area (Å²) in [4.78, 5) is 0. The Balaban J connectivity index is 2.15. The molecule has 0 aromatic heterocycles. The van der Waals surface area contributed by atoms with Crippen LogP contribution in [0.25, 0.3) is 0 Å². The highest BCUT2D eigenvalue weighted by Crippen LogP contribution is 2.36.